The Morgan fingerprint density at radius 1 is 1.25 bits per heavy atom. The highest BCUT2D eigenvalue weighted by molar-refractivity contribution is 7.91. The van der Waals surface area contributed by atoms with Gasteiger partial charge in [-0.05, 0) is 27.2 Å². The molecule has 0 aromatic carbocycles. The Hall–Kier alpha value is -0.420. The van der Waals surface area contributed by atoms with Gasteiger partial charge >= 0.3 is 0 Å². The normalized spacial score (nSPS) is 12.8. The van der Waals surface area contributed by atoms with Crippen LogP contribution < -0.4 is 0 Å². The second kappa shape index (κ2) is 6.35. The predicted molar refractivity (Wildman–Crippen MR) is 64.3 cm³/mol. The summed E-state index contributed by atoms with van der Waals surface area (Å²) in [5, 5.41) is 0. The number of carbonyl (C=O) groups is 1. The molecule has 0 aliphatic carbocycles. The molecule has 4 nitrogen and oxygen atoms in total. The van der Waals surface area contributed by atoms with Crippen LogP contribution >= 0.6 is 0 Å². The highest BCUT2D eigenvalue weighted by atomic mass is 32.2. The van der Waals surface area contributed by atoms with Crippen molar-refractivity contribution in [1.82, 2.24) is 0 Å². The van der Waals surface area contributed by atoms with Crippen LogP contribution in [-0.4, -0.2) is 37.9 Å². The van der Waals surface area contributed by atoms with Crippen LogP contribution in [-0.2, 0) is 19.4 Å². The Labute approximate surface area is 98.3 Å². The molecular formula is C11H22O4S. The maximum Gasteiger partial charge on any atom is 0.158 e. The first-order chi connectivity index (χ1) is 7.16. The quantitative estimate of drug-likeness (QED) is 0.688. The van der Waals surface area contributed by atoms with Gasteiger partial charge < -0.3 is 4.74 Å². The van der Waals surface area contributed by atoms with E-state index in [1.807, 2.05) is 20.8 Å². The SMILES string of the molecule is CCS(=O)(=O)CCCC(=O)COC(C)(C)C. The van der Waals surface area contributed by atoms with Gasteiger partial charge in [0.25, 0.3) is 0 Å². The van der Waals surface area contributed by atoms with E-state index >= 15 is 0 Å². The summed E-state index contributed by atoms with van der Waals surface area (Å²) in [6, 6.07) is 0. The number of ether oxygens (including phenoxy) is 1. The van der Waals surface area contributed by atoms with Gasteiger partial charge in [0.2, 0.25) is 0 Å². The molecule has 0 saturated heterocycles. The minimum Gasteiger partial charge on any atom is -0.368 e. The molecule has 0 aliphatic heterocycles. The van der Waals surface area contributed by atoms with Crippen LogP contribution in [0.2, 0.25) is 0 Å². The minimum absolute atomic E-state index is 0.0405. The largest absolute Gasteiger partial charge is 0.368 e. The van der Waals surface area contributed by atoms with E-state index < -0.39 is 9.84 Å². The topological polar surface area (TPSA) is 60.4 Å². The average Bonchev–Trinajstić information content (AvgIpc) is 2.13. The van der Waals surface area contributed by atoms with Crippen LogP contribution in [0.5, 0.6) is 0 Å². The van der Waals surface area contributed by atoms with Crippen LogP contribution in [0.3, 0.4) is 0 Å². The van der Waals surface area contributed by atoms with Gasteiger partial charge in [0.1, 0.15) is 16.4 Å². The summed E-state index contributed by atoms with van der Waals surface area (Å²) in [5.41, 5.74) is -0.328. The number of hydrogen-bond acceptors (Lipinski definition) is 4. The molecule has 0 unspecified atom stereocenters. The van der Waals surface area contributed by atoms with Crippen molar-refractivity contribution in [2.75, 3.05) is 18.1 Å². The molecule has 0 aromatic heterocycles. The van der Waals surface area contributed by atoms with Gasteiger partial charge in [-0.15, -0.1) is 0 Å². The fraction of sp³-hybridized carbons (Fsp3) is 0.909. The van der Waals surface area contributed by atoms with E-state index in [0.717, 1.165) is 0 Å². The Bertz CT molecular complexity index is 311. The van der Waals surface area contributed by atoms with Crippen molar-refractivity contribution in [2.24, 2.45) is 0 Å². The van der Waals surface area contributed by atoms with Crippen molar-refractivity contribution >= 4 is 15.6 Å². The Balaban J connectivity index is 3.76. The molecule has 0 bridgehead atoms. The van der Waals surface area contributed by atoms with Gasteiger partial charge in [-0.1, -0.05) is 6.92 Å². The second-order valence-corrected chi connectivity index (χ2v) is 7.25. The van der Waals surface area contributed by atoms with Crippen molar-refractivity contribution in [3.05, 3.63) is 0 Å². The van der Waals surface area contributed by atoms with Crippen LogP contribution in [0, 0.1) is 0 Å². The van der Waals surface area contributed by atoms with Crippen molar-refractivity contribution in [2.45, 2.75) is 46.1 Å². The van der Waals surface area contributed by atoms with Crippen LogP contribution in [0.1, 0.15) is 40.5 Å². The van der Waals surface area contributed by atoms with Gasteiger partial charge in [0.15, 0.2) is 5.78 Å². The molecule has 0 heterocycles. The highest BCUT2D eigenvalue weighted by Crippen LogP contribution is 2.07. The molecule has 5 heteroatoms. The number of rotatable bonds is 7. The lowest BCUT2D eigenvalue weighted by atomic mass is 10.2. The second-order valence-electron chi connectivity index (χ2n) is 4.78. The van der Waals surface area contributed by atoms with Gasteiger partial charge in [-0.25, -0.2) is 8.42 Å². The van der Waals surface area contributed by atoms with E-state index in [1.165, 1.54) is 0 Å². The Kier molecular flexibility index (Phi) is 6.18. The molecule has 0 saturated carbocycles. The molecule has 0 amide bonds. The van der Waals surface area contributed by atoms with Gasteiger partial charge in [-0.2, -0.15) is 0 Å². The van der Waals surface area contributed by atoms with E-state index in [-0.39, 0.29) is 35.9 Å². The van der Waals surface area contributed by atoms with Crippen LogP contribution in [0.25, 0.3) is 0 Å². The monoisotopic (exact) mass is 250 g/mol. The summed E-state index contributed by atoms with van der Waals surface area (Å²) in [6.45, 7) is 7.31. The zero-order valence-electron chi connectivity index (χ0n) is 10.6. The molecule has 96 valence electrons. The third-order valence-electron chi connectivity index (χ3n) is 2.02. The smallest absolute Gasteiger partial charge is 0.158 e. The van der Waals surface area contributed by atoms with E-state index in [1.54, 1.807) is 6.92 Å². The predicted octanol–water partition coefficient (Wildman–Crippen LogP) is 1.59. The van der Waals surface area contributed by atoms with Crippen LogP contribution in [0.15, 0.2) is 0 Å². The summed E-state index contributed by atoms with van der Waals surface area (Å²) in [7, 11) is -2.95. The van der Waals surface area contributed by atoms with Crippen molar-refractivity contribution in [3.63, 3.8) is 0 Å². The lowest BCUT2D eigenvalue weighted by Gasteiger charge is -2.18. The first-order valence-electron chi connectivity index (χ1n) is 5.52. The lowest BCUT2D eigenvalue weighted by molar-refractivity contribution is -0.128. The molecule has 0 aromatic rings. The summed E-state index contributed by atoms with van der Waals surface area (Å²) in [6.07, 6.45) is 0.665. The zero-order valence-corrected chi connectivity index (χ0v) is 11.4. The van der Waals surface area contributed by atoms with Crippen molar-refractivity contribution < 1.29 is 17.9 Å². The van der Waals surface area contributed by atoms with Gasteiger partial charge in [0.05, 0.1) is 11.4 Å². The molecular weight excluding hydrogens is 228 g/mol. The van der Waals surface area contributed by atoms with Crippen LogP contribution in [0.4, 0.5) is 0 Å². The summed E-state index contributed by atoms with van der Waals surface area (Å²) >= 11 is 0. The number of Topliss-reactive ketones (excluding diaryl/α,β-unsaturated/α-hetero) is 1. The molecule has 0 radical (unpaired) electrons. The molecule has 0 aliphatic rings. The van der Waals surface area contributed by atoms with E-state index in [2.05, 4.69) is 0 Å². The standard InChI is InChI=1S/C11H22O4S/c1-5-16(13,14)8-6-7-10(12)9-15-11(2,3)4/h5-9H2,1-4H3. The summed E-state index contributed by atoms with van der Waals surface area (Å²) in [4.78, 5) is 11.3. The van der Waals surface area contributed by atoms with E-state index in [0.29, 0.717) is 6.42 Å². The maximum atomic E-state index is 11.3. The Morgan fingerprint density at radius 3 is 2.25 bits per heavy atom. The number of sulfone groups is 1. The number of carbonyl (C=O) groups excluding carboxylic acids is 1. The van der Waals surface area contributed by atoms with E-state index in [9.17, 15) is 13.2 Å². The molecule has 16 heavy (non-hydrogen) atoms. The van der Waals surface area contributed by atoms with E-state index in [4.69, 9.17) is 4.74 Å². The fourth-order valence-corrected chi connectivity index (χ4v) is 1.88. The lowest BCUT2D eigenvalue weighted by Crippen LogP contribution is -2.23. The highest BCUT2D eigenvalue weighted by Gasteiger charge is 2.14. The third kappa shape index (κ3) is 8.85. The molecule has 0 N–H and O–H groups in total. The fourth-order valence-electron chi connectivity index (χ4n) is 1.00. The summed E-state index contributed by atoms with van der Waals surface area (Å²) in [5.74, 6) is 0.186. The third-order valence-corrected chi connectivity index (χ3v) is 3.81. The van der Waals surface area contributed by atoms with Crippen molar-refractivity contribution in [1.29, 1.82) is 0 Å². The molecule has 0 rings (SSSR count). The maximum absolute atomic E-state index is 11.3. The molecule has 0 spiro atoms. The first kappa shape index (κ1) is 15.6. The Morgan fingerprint density at radius 2 is 1.81 bits per heavy atom. The average molecular weight is 250 g/mol. The number of ketones is 1. The minimum atomic E-state index is -2.95. The van der Waals surface area contributed by atoms with Gasteiger partial charge in [0, 0.05) is 12.2 Å². The summed E-state index contributed by atoms with van der Waals surface area (Å²) < 4.78 is 27.6. The molecule has 0 fully saturated rings. The van der Waals surface area contributed by atoms with Crippen molar-refractivity contribution in [3.8, 4) is 0 Å². The number of hydrogen-bond donors (Lipinski definition) is 0. The molecule has 0 atom stereocenters. The zero-order chi connectivity index (χ0) is 12.8. The first-order valence-corrected chi connectivity index (χ1v) is 7.34. The van der Waals surface area contributed by atoms with Gasteiger partial charge in [-0.3, -0.25) is 4.79 Å².